The van der Waals surface area contributed by atoms with Gasteiger partial charge in [-0.3, -0.25) is 0 Å². The Kier molecular flexibility index (Phi) is 3.62. The van der Waals surface area contributed by atoms with Crippen LogP contribution in [0.25, 0.3) is 0 Å². The quantitative estimate of drug-likeness (QED) is 0.825. The second kappa shape index (κ2) is 4.98. The van der Waals surface area contributed by atoms with Crippen molar-refractivity contribution >= 4 is 0 Å². The molecule has 1 heterocycles. The maximum atomic E-state index is 10.3. The van der Waals surface area contributed by atoms with Gasteiger partial charge in [0.25, 0.3) is 0 Å². The molecule has 0 aliphatic carbocycles. The van der Waals surface area contributed by atoms with Gasteiger partial charge in [0.15, 0.2) is 0 Å². The van der Waals surface area contributed by atoms with E-state index in [0.29, 0.717) is 5.92 Å². The summed E-state index contributed by atoms with van der Waals surface area (Å²) in [5, 5.41) is 10.3. The summed E-state index contributed by atoms with van der Waals surface area (Å²) < 4.78 is 0. The fourth-order valence-corrected chi connectivity index (χ4v) is 2.47. The monoisotopic (exact) mass is 219 g/mol. The van der Waals surface area contributed by atoms with Crippen molar-refractivity contribution in [3.8, 4) is 0 Å². The zero-order valence-corrected chi connectivity index (χ0v) is 10.2. The molecule has 1 aromatic carbocycles. The topological polar surface area (TPSA) is 23.5 Å². The van der Waals surface area contributed by atoms with Gasteiger partial charge in [-0.2, -0.15) is 0 Å². The standard InChI is InChI=1S/C14H21NO/c1-11-4-3-5-13(10-11)14(16)12-6-8-15(2)9-7-12/h3-5,10,12,14,16H,6-9H2,1-2H3. The van der Waals surface area contributed by atoms with Gasteiger partial charge in [0.1, 0.15) is 0 Å². The molecular weight excluding hydrogens is 198 g/mol. The van der Waals surface area contributed by atoms with Crippen LogP contribution in [0.15, 0.2) is 24.3 Å². The van der Waals surface area contributed by atoms with Crippen LogP contribution in [-0.4, -0.2) is 30.1 Å². The number of piperidine rings is 1. The highest BCUT2D eigenvalue weighted by atomic mass is 16.3. The van der Waals surface area contributed by atoms with Gasteiger partial charge in [0, 0.05) is 0 Å². The average molecular weight is 219 g/mol. The van der Waals surface area contributed by atoms with E-state index in [1.165, 1.54) is 5.56 Å². The molecule has 2 rings (SSSR count). The molecule has 1 N–H and O–H groups in total. The van der Waals surface area contributed by atoms with Crippen LogP contribution in [0.5, 0.6) is 0 Å². The summed E-state index contributed by atoms with van der Waals surface area (Å²) in [4.78, 5) is 2.33. The van der Waals surface area contributed by atoms with Gasteiger partial charge in [-0.1, -0.05) is 29.8 Å². The van der Waals surface area contributed by atoms with Crippen molar-refractivity contribution in [3.05, 3.63) is 35.4 Å². The third-order valence-corrected chi connectivity index (χ3v) is 3.59. The smallest absolute Gasteiger partial charge is 0.0819 e. The molecule has 1 aliphatic rings. The third-order valence-electron chi connectivity index (χ3n) is 3.59. The molecule has 0 aromatic heterocycles. The molecule has 1 unspecified atom stereocenters. The molecule has 1 fully saturated rings. The van der Waals surface area contributed by atoms with Crippen LogP contribution in [0.3, 0.4) is 0 Å². The molecule has 1 aromatic rings. The Balaban J connectivity index is 2.04. The van der Waals surface area contributed by atoms with Gasteiger partial charge >= 0.3 is 0 Å². The van der Waals surface area contributed by atoms with E-state index in [9.17, 15) is 5.11 Å². The van der Waals surface area contributed by atoms with Crippen LogP contribution in [-0.2, 0) is 0 Å². The van der Waals surface area contributed by atoms with Crippen LogP contribution in [0, 0.1) is 12.8 Å². The Bertz CT molecular complexity index is 342. The summed E-state index contributed by atoms with van der Waals surface area (Å²) in [5.41, 5.74) is 2.30. The molecular formula is C14H21NO. The zero-order valence-electron chi connectivity index (χ0n) is 10.2. The van der Waals surface area contributed by atoms with Gasteiger partial charge in [0.2, 0.25) is 0 Å². The van der Waals surface area contributed by atoms with E-state index in [1.807, 2.05) is 12.1 Å². The van der Waals surface area contributed by atoms with Gasteiger partial charge < -0.3 is 10.0 Å². The van der Waals surface area contributed by atoms with Crippen molar-refractivity contribution in [2.24, 2.45) is 5.92 Å². The number of likely N-dealkylation sites (tertiary alicyclic amines) is 1. The number of aryl methyl sites for hydroxylation is 1. The first-order valence-electron chi connectivity index (χ1n) is 6.10. The summed E-state index contributed by atoms with van der Waals surface area (Å²) in [6, 6.07) is 8.24. The molecule has 1 aliphatic heterocycles. The molecule has 88 valence electrons. The first-order chi connectivity index (χ1) is 7.66. The van der Waals surface area contributed by atoms with Crippen LogP contribution < -0.4 is 0 Å². The van der Waals surface area contributed by atoms with Crippen LogP contribution >= 0.6 is 0 Å². The van der Waals surface area contributed by atoms with E-state index in [4.69, 9.17) is 0 Å². The first kappa shape index (κ1) is 11.6. The van der Waals surface area contributed by atoms with Crippen molar-refractivity contribution in [2.75, 3.05) is 20.1 Å². The van der Waals surface area contributed by atoms with E-state index in [1.54, 1.807) is 0 Å². The van der Waals surface area contributed by atoms with Crippen molar-refractivity contribution in [3.63, 3.8) is 0 Å². The van der Waals surface area contributed by atoms with E-state index < -0.39 is 0 Å². The van der Waals surface area contributed by atoms with Crippen LogP contribution in [0.2, 0.25) is 0 Å². The zero-order chi connectivity index (χ0) is 11.5. The highest BCUT2D eigenvalue weighted by Gasteiger charge is 2.24. The van der Waals surface area contributed by atoms with Crippen molar-refractivity contribution < 1.29 is 5.11 Å². The predicted molar refractivity (Wildman–Crippen MR) is 66.4 cm³/mol. The fourth-order valence-electron chi connectivity index (χ4n) is 2.47. The van der Waals surface area contributed by atoms with E-state index in [2.05, 4.69) is 31.0 Å². The summed E-state index contributed by atoms with van der Waals surface area (Å²) >= 11 is 0. The summed E-state index contributed by atoms with van der Waals surface area (Å²) in [5.74, 6) is 0.429. The molecule has 2 heteroatoms. The Morgan fingerprint density at radius 3 is 2.62 bits per heavy atom. The molecule has 0 saturated carbocycles. The minimum absolute atomic E-state index is 0.284. The van der Waals surface area contributed by atoms with Crippen LogP contribution in [0.4, 0.5) is 0 Å². The maximum absolute atomic E-state index is 10.3. The number of benzene rings is 1. The second-order valence-corrected chi connectivity index (χ2v) is 5.00. The van der Waals surface area contributed by atoms with Crippen LogP contribution in [0.1, 0.15) is 30.1 Å². The van der Waals surface area contributed by atoms with E-state index >= 15 is 0 Å². The van der Waals surface area contributed by atoms with Gasteiger partial charge in [0.05, 0.1) is 6.10 Å². The molecule has 0 radical (unpaired) electrons. The maximum Gasteiger partial charge on any atom is 0.0819 e. The number of hydrogen-bond acceptors (Lipinski definition) is 2. The van der Waals surface area contributed by atoms with Gasteiger partial charge in [-0.25, -0.2) is 0 Å². The van der Waals surface area contributed by atoms with Gasteiger partial charge in [-0.05, 0) is 51.4 Å². The highest BCUT2D eigenvalue weighted by molar-refractivity contribution is 5.24. The molecule has 0 amide bonds. The summed E-state index contributed by atoms with van der Waals surface area (Å²) in [6.45, 7) is 4.28. The molecule has 1 atom stereocenters. The minimum atomic E-state index is -0.284. The summed E-state index contributed by atoms with van der Waals surface area (Å²) in [6.07, 6.45) is 1.92. The summed E-state index contributed by atoms with van der Waals surface area (Å²) in [7, 11) is 2.15. The molecule has 0 bridgehead atoms. The SMILES string of the molecule is Cc1cccc(C(O)C2CCN(C)CC2)c1. The lowest BCUT2D eigenvalue weighted by Gasteiger charge is -2.32. The Morgan fingerprint density at radius 1 is 1.31 bits per heavy atom. The first-order valence-corrected chi connectivity index (χ1v) is 6.10. The number of aliphatic hydroxyl groups excluding tert-OH is 1. The molecule has 16 heavy (non-hydrogen) atoms. The largest absolute Gasteiger partial charge is 0.388 e. The number of hydrogen-bond donors (Lipinski definition) is 1. The average Bonchev–Trinajstić information content (AvgIpc) is 2.29. The lowest BCUT2D eigenvalue weighted by atomic mass is 9.87. The normalized spacial score (nSPS) is 20.9. The Hall–Kier alpha value is -0.860. The second-order valence-electron chi connectivity index (χ2n) is 5.00. The number of aliphatic hydroxyl groups is 1. The van der Waals surface area contributed by atoms with Gasteiger partial charge in [-0.15, -0.1) is 0 Å². The Morgan fingerprint density at radius 2 is 2.00 bits per heavy atom. The molecule has 2 nitrogen and oxygen atoms in total. The third kappa shape index (κ3) is 2.63. The number of rotatable bonds is 2. The highest BCUT2D eigenvalue weighted by Crippen LogP contribution is 2.30. The fraction of sp³-hybridized carbons (Fsp3) is 0.571. The van der Waals surface area contributed by atoms with Crippen molar-refractivity contribution in [1.82, 2.24) is 4.90 Å². The minimum Gasteiger partial charge on any atom is -0.388 e. The van der Waals surface area contributed by atoms with Crippen molar-refractivity contribution in [2.45, 2.75) is 25.9 Å². The van der Waals surface area contributed by atoms with E-state index in [0.717, 1.165) is 31.5 Å². The molecule has 1 saturated heterocycles. The Labute approximate surface area is 97.9 Å². The van der Waals surface area contributed by atoms with E-state index in [-0.39, 0.29) is 6.10 Å². The number of nitrogens with zero attached hydrogens (tertiary/aromatic N) is 1. The lowest BCUT2D eigenvalue weighted by molar-refractivity contribution is 0.0657. The predicted octanol–water partition coefficient (Wildman–Crippen LogP) is 2.37. The molecule has 0 spiro atoms. The lowest BCUT2D eigenvalue weighted by Crippen LogP contribution is -2.32. The van der Waals surface area contributed by atoms with Crippen molar-refractivity contribution in [1.29, 1.82) is 0 Å².